The van der Waals surface area contributed by atoms with Crippen LogP contribution in [0.2, 0.25) is 5.02 Å². The molecule has 1 fully saturated rings. The first kappa shape index (κ1) is 18.0. The highest BCUT2D eigenvalue weighted by atomic mass is 35.5. The lowest BCUT2D eigenvalue weighted by atomic mass is 9.95. The maximum absolute atomic E-state index is 12.6. The van der Waals surface area contributed by atoms with Gasteiger partial charge in [0.2, 0.25) is 0 Å². The molecule has 0 radical (unpaired) electrons. The number of amides is 1. The van der Waals surface area contributed by atoms with Gasteiger partial charge in [-0.2, -0.15) is 0 Å². The third-order valence-electron chi connectivity index (χ3n) is 4.34. The highest BCUT2D eigenvalue weighted by Gasteiger charge is 2.45. The standard InChI is InChI=1S/C20H18ClNO4/c1-2-10-22-17(13-8-9-15(23)14(21)11-13)16(19(25)20(22)26)18(24)12-6-4-3-5-7-12/h3-9,11,17,23-24H,2,10H2,1H3/b18-16-. The summed E-state index contributed by atoms with van der Waals surface area (Å²) in [5.41, 5.74) is 1.03. The van der Waals surface area contributed by atoms with Crippen molar-refractivity contribution in [2.45, 2.75) is 19.4 Å². The number of Topliss-reactive ketones (excluding diaryl/α,β-unsaturated/α-hetero) is 1. The van der Waals surface area contributed by atoms with E-state index in [1.54, 1.807) is 36.4 Å². The van der Waals surface area contributed by atoms with Gasteiger partial charge in [0, 0.05) is 12.1 Å². The number of hydrogen-bond donors (Lipinski definition) is 2. The largest absolute Gasteiger partial charge is 0.507 e. The van der Waals surface area contributed by atoms with E-state index in [-0.39, 0.29) is 22.1 Å². The summed E-state index contributed by atoms with van der Waals surface area (Å²) in [6.45, 7) is 2.26. The van der Waals surface area contributed by atoms with Crippen LogP contribution in [0.15, 0.2) is 54.1 Å². The zero-order valence-corrected chi connectivity index (χ0v) is 14.9. The second-order valence-corrected chi connectivity index (χ2v) is 6.48. The van der Waals surface area contributed by atoms with Crippen LogP contribution in [0, 0.1) is 0 Å². The zero-order chi connectivity index (χ0) is 18.8. The second-order valence-electron chi connectivity index (χ2n) is 6.07. The van der Waals surface area contributed by atoms with Gasteiger partial charge < -0.3 is 15.1 Å². The van der Waals surface area contributed by atoms with E-state index >= 15 is 0 Å². The minimum atomic E-state index is -0.756. The van der Waals surface area contributed by atoms with Crippen LogP contribution in [-0.4, -0.2) is 33.3 Å². The Morgan fingerprint density at radius 1 is 1.15 bits per heavy atom. The van der Waals surface area contributed by atoms with Gasteiger partial charge in [0.1, 0.15) is 11.5 Å². The molecule has 3 rings (SSSR count). The van der Waals surface area contributed by atoms with E-state index in [0.29, 0.717) is 24.1 Å². The average Bonchev–Trinajstić information content (AvgIpc) is 2.89. The number of halogens is 1. The van der Waals surface area contributed by atoms with Crippen LogP contribution in [0.1, 0.15) is 30.5 Å². The molecule has 1 saturated heterocycles. The number of aliphatic hydroxyl groups is 1. The second kappa shape index (κ2) is 7.22. The maximum atomic E-state index is 12.6. The summed E-state index contributed by atoms with van der Waals surface area (Å²) in [5.74, 6) is -1.70. The van der Waals surface area contributed by atoms with Crippen LogP contribution in [-0.2, 0) is 9.59 Å². The lowest BCUT2D eigenvalue weighted by molar-refractivity contribution is -0.139. The third-order valence-corrected chi connectivity index (χ3v) is 4.64. The molecule has 1 heterocycles. The summed E-state index contributed by atoms with van der Waals surface area (Å²) in [6, 6.07) is 12.4. The van der Waals surface area contributed by atoms with Crippen molar-refractivity contribution in [3.8, 4) is 5.75 Å². The minimum absolute atomic E-state index is 0.0245. The molecule has 5 nitrogen and oxygen atoms in total. The number of benzene rings is 2. The Morgan fingerprint density at radius 3 is 2.46 bits per heavy atom. The molecule has 26 heavy (non-hydrogen) atoms. The number of aromatic hydroxyl groups is 1. The molecule has 2 aromatic carbocycles. The summed E-state index contributed by atoms with van der Waals surface area (Å²) in [4.78, 5) is 26.6. The number of phenols is 1. The number of likely N-dealkylation sites (tertiary alicyclic amines) is 1. The fourth-order valence-corrected chi connectivity index (χ4v) is 3.33. The molecule has 1 amide bonds. The van der Waals surface area contributed by atoms with Crippen molar-refractivity contribution in [3.63, 3.8) is 0 Å². The normalized spacial score (nSPS) is 19.2. The smallest absolute Gasteiger partial charge is 0.295 e. The van der Waals surface area contributed by atoms with Crippen molar-refractivity contribution in [3.05, 3.63) is 70.3 Å². The minimum Gasteiger partial charge on any atom is -0.507 e. The number of ketones is 1. The average molecular weight is 372 g/mol. The number of carbonyl (C=O) groups excluding carboxylic acids is 2. The van der Waals surface area contributed by atoms with Gasteiger partial charge in [0.05, 0.1) is 16.6 Å². The molecule has 134 valence electrons. The lowest BCUT2D eigenvalue weighted by Gasteiger charge is -2.25. The number of rotatable bonds is 4. The van der Waals surface area contributed by atoms with E-state index in [0.717, 1.165) is 0 Å². The molecule has 0 saturated carbocycles. The van der Waals surface area contributed by atoms with Crippen LogP contribution in [0.25, 0.3) is 5.76 Å². The number of nitrogens with zero attached hydrogens (tertiary/aromatic N) is 1. The lowest BCUT2D eigenvalue weighted by Crippen LogP contribution is -2.30. The summed E-state index contributed by atoms with van der Waals surface area (Å²) in [6.07, 6.45) is 0.653. The number of aliphatic hydroxyl groups excluding tert-OH is 1. The van der Waals surface area contributed by atoms with Gasteiger partial charge in [0.15, 0.2) is 0 Å². The third kappa shape index (κ3) is 3.06. The Morgan fingerprint density at radius 2 is 1.85 bits per heavy atom. The molecule has 0 aliphatic carbocycles. The summed E-state index contributed by atoms with van der Waals surface area (Å²) < 4.78 is 0. The Kier molecular flexibility index (Phi) is 5.00. The van der Waals surface area contributed by atoms with E-state index in [2.05, 4.69) is 0 Å². The maximum Gasteiger partial charge on any atom is 0.295 e. The molecule has 6 heteroatoms. The first-order valence-electron chi connectivity index (χ1n) is 8.28. The van der Waals surface area contributed by atoms with Gasteiger partial charge >= 0.3 is 0 Å². The molecule has 1 unspecified atom stereocenters. The highest BCUT2D eigenvalue weighted by molar-refractivity contribution is 6.46. The van der Waals surface area contributed by atoms with Crippen LogP contribution in [0.3, 0.4) is 0 Å². The van der Waals surface area contributed by atoms with E-state index in [9.17, 15) is 19.8 Å². The topological polar surface area (TPSA) is 77.8 Å². The van der Waals surface area contributed by atoms with Gasteiger partial charge in [-0.15, -0.1) is 0 Å². The van der Waals surface area contributed by atoms with Gasteiger partial charge in [-0.1, -0.05) is 54.9 Å². The summed E-state index contributed by atoms with van der Waals surface area (Å²) in [7, 11) is 0. The summed E-state index contributed by atoms with van der Waals surface area (Å²) in [5, 5.41) is 20.5. The fourth-order valence-electron chi connectivity index (χ4n) is 3.14. The van der Waals surface area contributed by atoms with Crippen LogP contribution < -0.4 is 0 Å². The van der Waals surface area contributed by atoms with Crippen molar-refractivity contribution in [1.29, 1.82) is 0 Å². The first-order chi connectivity index (χ1) is 12.5. The number of carbonyl (C=O) groups is 2. The fraction of sp³-hybridized carbons (Fsp3) is 0.200. The Balaban J connectivity index is 2.21. The van der Waals surface area contributed by atoms with Crippen molar-refractivity contribution >= 4 is 29.1 Å². The first-order valence-corrected chi connectivity index (χ1v) is 8.65. The molecular formula is C20H18ClNO4. The van der Waals surface area contributed by atoms with Crippen molar-refractivity contribution < 1.29 is 19.8 Å². The monoisotopic (exact) mass is 371 g/mol. The van der Waals surface area contributed by atoms with E-state index in [1.165, 1.54) is 17.0 Å². The zero-order valence-electron chi connectivity index (χ0n) is 14.1. The van der Waals surface area contributed by atoms with Crippen LogP contribution >= 0.6 is 11.6 Å². The molecule has 0 aromatic heterocycles. The van der Waals surface area contributed by atoms with Gasteiger partial charge in [-0.3, -0.25) is 9.59 Å². The van der Waals surface area contributed by atoms with Crippen molar-refractivity contribution in [1.82, 2.24) is 4.90 Å². The van der Waals surface area contributed by atoms with Crippen molar-refractivity contribution in [2.24, 2.45) is 0 Å². The SMILES string of the molecule is CCCN1C(=O)C(=O)/C(=C(\O)c2ccccc2)C1c1ccc(O)c(Cl)c1. The molecule has 1 aliphatic rings. The van der Waals surface area contributed by atoms with Gasteiger partial charge in [0.25, 0.3) is 11.7 Å². The Labute approximate surface area is 156 Å². The van der Waals surface area contributed by atoms with E-state index < -0.39 is 17.7 Å². The van der Waals surface area contributed by atoms with E-state index in [1.807, 2.05) is 6.92 Å². The van der Waals surface area contributed by atoms with Crippen LogP contribution in [0.5, 0.6) is 5.75 Å². The molecule has 1 aliphatic heterocycles. The molecule has 0 spiro atoms. The molecule has 2 aromatic rings. The van der Waals surface area contributed by atoms with Gasteiger partial charge in [-0.25, -0.2) is 0 Å². The molecule has 2 N–H and O–H groups in total. The Hall–Kier alpha value is -2.79. The van der Waals surface area contributed by atoms with Gasteiger partial charge in [-0.05, 0) is 24.1 Å². The van der Waals surface area contributed by atoms with Crippen molar-refractivity contribution in [2.75, 3.05) is 6.54 Å². The Bertz CT molecular complexity index is 892. The highest BCUT2D eigenvalue weighted by Crippen LogP contribution is 2.41. The summed E-state index contributed by atoms with van der Waals surface area (Å²) >= 11 is 6.02. The van der Waals surface area contributed by atoms with Crippen LogP contribution in [0.4, 0.5) is 0 Å². The number of phenolic OH excluding ortho intramolecular Hbond substituents is 1. The molecular weight excluding hydrogens is 354 g/mol. The molecule has 1 atom stereocenters. The number of hydrogen-bond acceptors (Lipinski definition) is 4. The quantitative estimate of drug-likeness (QED) is 0.485. The molecule has 0 bridgehead atoms. The predicted octanol–water partition coefficient (Wildman–Crippen LogP) is 3.88. The van der Waals surface area contributed by atoms with E-state index in [4.69, 9.17) is 11.6 Å². The predicted molar refractivity (Wildman–Crippen MR) is 98.9 cm³/mol.